The van der Waals surface area contributed by atoms with Crippen LogP contribution in [0.2, 0.25) is 0 Å². The summed E-state index contributed by atoms with van der Waals surface area (Å²) in [6.07, 6.45) is 3.74. The van der Waals surface area contributed by atoms with Crippen LogP contribution < -0.4 is 0 Å². The predicted molar refractivity (Wildman–Crippen MR) is 103 cm³/mol. The number of fused-ring (bicyclic) bond motifs is 1. The minimum Gasteiger partial charge on any atom is -0.361 e. The lowest BCUT2D eigenvalue weighted by Gasteiger charge is -2.57. The van der Waals surface area contributed by atoms with Gasteiger partial charge >= 0.3 is 0 Å². The molecular formula is C23H30O3. The quantitative estimate of drug-likeness (QED) is 0.567. The predicted octanol–water partition coefficient (Wildman–Crippen LogP) is 4.73. The molecule has 2 bridgehead atoms. The van der Waals surface area contributed by atoms with Gasteiger partial charge < -0.3 is 4.74 Å². The minimum absolute atomic E-state index is 0.255. The maximum Gasteiger partial charge on any atom is 0.240 e. The van der Waals surface area contributed by atoms with Crippen LogP contribution in [0.1, 0.15) is 65.5 Å². The zero-order valence-corrected chi connectivity index (χ0v) is 17.0. The van der Waals surface area contributed by atoms with Crippen molar-refractivity contribution >= 4 is 11.6 Å². The molecule has 0 spiro atoms. The second-order valence-corrected chi connectivity index (χ2v) is 8.93. The van der Waals surface area contributed by atoms with Crippen LogP contribution in [-0.4, -0.2) is 18.7 Å². The fraction of sp³-hybridized carbons (Fsp3) is 0.565. The first-order chi connectivity index (χ1) is 12.1. The van der Waals surface area contributed by atoms with Gasteiger partial charge in [0.25, 0.3) is 0 Å². The van der Waals surface area contributed by atoms with Gasteiger partial charge in [-0.25, -0.2) is 0 Å². The van der Waals surface area contributed by atoms with Gasteiger partial charge in [0.2, 0.25) is 11.6 Å². The average Bonchev–Trinajstić information content (AvgIpc) is 2.64. The summed E-state index contributed by atoms with van der Waals surface area (Å²) in [5, 5.41) is 0. The third-order valence-electron chi connectivity index (χ3n) is 7.23. The maximum atomic E-state index is 13.5. The standard InChI is InChI=1S/C23H30O3/c1-8-20(3,4)17-14-22(21(5,6)9-2)15-12-10-11-13-16(15)23(17,26-7)19(25)18(22)24/h10-14H,8-9H2,1-7H3/t22-,23+/m0/s1. The van der Waals surface area contributed by atoms with E-state index in [1.165, 1.54) is 0 Å². The van der Waals surface area contributed by atoms with Gasteiger partial charge in [0, 0.05) is 12.7 Å². The van der Waals surface area contributed by atoms with Crippen molar-refractivity contribution in [2.45, 2.75) is 65.4 Å². The molecule has 3 nitrogen and oxygen atoms in total. The van der Waals surface area contributed by atoms with Crippen molar-refractivity contribution in [3.8, 4) is 0 Å². The van der Waals surface area contributed by atoms with Gasteiger partial charge in [-0.1, -0.05) is 71.9 Å². The Morgan fingerprint density at radius 2 is 1.50 bits per heavy atom. The van der Waals surface area contributed by atoms with E-state index >= 15 is 0 Å². The number of carbonyl (C=O) groups is 2. The molecule has 0 unspecified atom stereocenters. The number of benzene rings is 1. The Labute approximate surface area is 156 Å². The Morgan fingerprint density at radius 3 is 2.00 bits per heavy atom. The van der Waals surface area contributed by atoms with Crippen LogP contribution in [-0.2, 0) is 25.3 Å². The number of allylic oxidation sites excluding steroid dienone is 1. The van der Waals surface area contributed by atoms with Gasteiger partial charge in [-0.2, -0.15) is 0 Å². The summed E-state index contributed by atoms with van der Waals surface area (Å²) in [6.45, 7) is 12.6. The van der Waals surface area contributed by atoms with E-state index in [9.17, 15) is 9.59 Å². The number of rotatable bonds is 5. The average molecular weight is 354 g/mol. The summed E-state index contributed by atoms with van der Waals surface area (Å²) in [5.41, 5.74) is -0.169. The second-order valence-electron chi connectivity index (χ2n) is 8.93. The van der Waals surface area contributed by atoms with E-state index in [1.807, 2.05) is 24.3 Å². The van der Waals surface area contributed by atoms with Crippen molar-refractivity contribution in [2.75, 3.05) is 7.11 Å². The van der Waals surface area contributed by atoms with E-state index in [-0.39, 0.29) is 16.6 Å². The van der Waals surface area contributed by atoms with Crippen LogP contribution in [0.25, 0.3) is 0 Å². The highest BCUT2D eigenvalue weighted by atomic mass is 16.5. The monoisotopic (exact) mass is 354 g/mol. The smallest absolute Gasteiger partial charge is 0.240 e. The summed E-state index contributed by atoms with van der Waals surface area (Å²) >= 11 is 0. The highest BCUT2D eigenvalue weighted by Gasteiger charge is 2.69. The summed E-state index contributed by atoms with van der Waals surface area (Å²) in [7, 11) is 1.55. The Kier molecular flexibility index (Phi) is 4.12. The molecule has 1 aromatic carbocycles. The Hall–Kier alpha value is -1.74. The molecule has 3 heteroatoms. The molecule has 3 aliphatic rings. The first-order valence-corrected chi connectivity index (χ1v) is 9.55. The molecule has 0 saturated carbocycles. The Bertz CT molecular complexity index is 814. The van der Waals surface area contributed by atoms with Crippen LogP contribution in [0.15, 0.2) is 35.9 Å². The fourth-order valence-corrected chi connectivity index (χ4v) is 4.77. The largest absolute Gasteiger partial charge is 0.361 e. The molecule has 26 heavy (non-hydrogen) atoms. The molecule has 0 heterocycles. The van der Waals surface area contributed by atoms with Crippen molar-refractivity contribution in [2.24, 2.45) is 10.8 Å². The molecule has 140 valence electrons. The van der Waals surface area contributed by atoms with Gasteiger partial charge in [-0.15, -0.1) is 0 Å². The summed E-state index contributed by atoms with van der Waals surface area (Å²) in [6, 6.07) is 7.84. The van der Waals surface area contributed by atoms with Gasteiger partial charge in [0.15, 0.2) is 5.60 Å². The fourth-order valence-electron chi connectivity index (χ4n) is 4.77. The van der Waals surface area contributed by atoms with Crippen molar-refractivity contribution in [1.82, 2.24) is 0 Å². The Morgan fingerprint density at radius 1 is 0.923 bits per heavy atom. The van der Waals surface area contributed by atoms with E-state index in [0.29, 0.717) is 0 Å². The molecule has 0 saturated heterocycles. The van der Waals surface area contributed by atoms with Crippen molar-refractivity contribution in [3.63, 3.8) is 0 Å². The third kappa shape index (κ3) is 1.93. The molecule has 4 rings (SSSR count). The molecular weight excluding hydrogens is 324 g/mol. The van der Waals surface area contributed by atoms with E-state index < -0.39 is 16.8 Å². The molecule has 0 aliphatic heterocycles. The number of hydrogen-bond donors (Lipinski definition) is 0. The topological polar surface area (TPSA) is 43.4 Å². The zero-order valence-electron chi connectivity index (χ0n) is 17.0. The minimum atomic E-state index is -1.29. The lowest BCUT2D eigenvalue weighted by molar-refractivity contribution is -0.158. The van der Waals surface area contributed by atoms with Gasteiger partial charge in [-0.05, 0) is 34.8 Å². The van der Waals surface area contributed by atoms with Crippen molar-refractivity contribution < 1.29 is 14.3 Å². The number of Topliss-reactive ketones (excluding diaryl/α,β-unsaturated/α-hetero) is 2. The van der Waals surface area contributed by atoms with Crippen LogP contribution in [0.3, 0.4) is 0 Å². The number of ketones is 2. The van der Waals surface area contributed by atoms with Gasteiger partial charge in [0.05, 0.1) is 5.41 Å². The van der Waals surface area contributed by atoms with E-state index in [1.54, 1.807) is 7.11 Å². The SMILES string of the molecule is CCC(C)(C)C1=C[C@@]2(C(C)(C)CC)C(=O)C(=O)[C@@]1(OC)c1ccccc12. The maximum absolute atomic E-state index is 13.5. The third-order valence-corrected chi connectivity index (χ3v) is 7.23. The summed E-state index contributed by atoms with van der Waals surface area (Å²) < 4.78 is 5.93. The highest BCUT2D eigenvalue weighted by Crippen LogP contribution is 2.62. The van der Waals surface area contributed by atoms with Gasteiger partial charge in [-0.3, -0.25) is 9.59 Å². The molecule has 1 aromatic rings. The van der Waals surface area contributed by atoms with E-state index in [2.05, 4.69) is 47.6 Å². The first-order valence-electron chi connectivity index (χ1n) is 9.55. The van der Waals surface area contributed by atoms with Crippen LogP contribution >= 0.6 is 0 Å². The van der Waals surface area contributed by atoms with E-state index in [0.717, 1.165) is 29.5 Å². The normalized spacial score (nSPS) is 28.2. The molecule has 2 atom stereocenters. The molecule has 0 radical (unpaired) electrons. The number of carbonyl (C=O) groups excluding carboxylic acids is 2. The summed E-state index contributed by atoms with van der Waals surface area (Å²) in [5.74, 6) is -0.750. The molecule has 0 amide bonds. The number of methoxy groups -OCH3 is 1. The zero-order chi connectivity index (χ0) is 19.5. The number of ether oxygens (including phenoxy) is 1. The summed E-state index contributed by atoms with van der Waals surface area (Å²) in [4.78, 5) is 27.1. The lowest BCUT2D eigenvalue weighted by atomic mass is 9.45. The highest BCUT2D eigenvalue weighted by molar-refractivity contribution is 6.47. The molecule has 0 aromatic heterocycles. The molecule has 3 aliphatic carbocycles. The number of hydrogen-bond acceptors (Lipinski definition) is 3. The lowest BCUT2D eigenvalue weighted by Crippen LogP contribution is -2.66. The Balaban J connectivity index is 2.53. The second kappa shape index (κ2) is 5.63. The van der Waals surface area contributed by atoms with Crippen LogP contribution in [0.4, 0.5) is 0 Å². The first kappa shape index (κ1) is 19.0. The molecule has 0 N–H and O–H groups in total. The van der Waals surface area contributed by atoms with Crippen molar-refractivity contribution in [3.05, 3.63) is 47.0 Å². The van der Waals surface area contributed by atoms with Gasteiger partial charge in [0.1, 0.15) is 0 Å². The van der Waals surface area contributed by atoms with Crippen molar-refractivity contribution in [1.29, 1.82) is 0 Å². The van der Waals surface area contributed by atoms with Crippen LogP contribution in [0.5, 0.6) is 0 Å². The molecule has 0 fully saturated rings. The van der Waals surface area contributed by atoms with Crippen LogP contribution in [0, 0.1) is 10.8 Å². The van der Waals surface area contributed by atoms with E-state index in [4.69, 9.17) is 4.74 Å².